The minimum atomic E-state index is 0.177. The molecule has 0 amide bonds. The van der Waals surface area contributed by atoms with Crippen LogP contribution < -0.4 is 5.32 Å². The maximum Gasteiger partial charge on any atom is 0.256 e. The van der Waals surface area contributed by atoms with Gasteiger partial charge in [0.25, 0.3) is 5.95 Å². The van der Waals surface area contributed by atoms with Gasteiger partial charge >= 0.3 is 0 Å². The van der Waals surface area contributed by atoms with Gasteiger partial charge in [0.15, 0.2) is 0 Å². The van der Waals surface area contributed by atoms with Gasteiger partial charge in [-0.25, -0.2) is 4.68 Å². The molecular formula is C14H19ClN6. The van der Waals surface area contributed by atoms with Crippen LogP contribution in [-0.2, 0) is 0 Å². The van der Waals surface area contributed by atoms with E-state index in [1.165, 1.54) is 12.8 Å². The molecule has 21 heavy (non-hydrogen) atoms. The summed E-state index contributed by atoms with van der Waals surface area (Å²) in [6, 6.07) is 2.20. The van der Waals surface area contributed by atoms with Gasteiger partial charge in [-0.2, -0.15) is 20.1 Å². The molecule has 0 aromatic carbocycles. The molecule has 7 heteroatoms. The molecule has 1 N–H and O–H groups in total. The Labute approximate surface area is 129 Å². The van der Waals surface area contributed by atoms with Gasteiger partial charge in [-0.1, -0.05) is 20.3 Å². The Morgan fingerprint density at radius 3 is 2.86 bits per heavy atom. The molecular weight excluding hydrogens is 288 g/mol. The minimum absolute atomic E-state index is 0.177. The second-order valence-corrected chi connectivity index (χ2v) is 5.87. The highest BCUT2D eigenvalue weighted by atomic mass is 35.5. The maximum absolute atomic E-state index is 6.00. The molecule has 1 fully saturated rings. The Kier molecular flexibility index (Phi) is 4.05. The van der Waals surface area contributed by atoms with Gasteiger partial charge in [-0.15, -0.1) is 0 Å². The van der Waals surface area contributed by atoms with E-state index in [0.29, 0.717) is 23.9 Å². The zero-order valence-electron chi connectivity index (χ0n) is 12.2. The van der Waals surface area contributed by atoms with E-state index in [0.717, 1.165) is 12.3 Å². The zero-order chi connectivity index (χ0) is 14.8. The summed E-state index contributed by atoms with van der Waals surface area (Å²) in [5, 5.41) is 7.71. The Bertz CT molecular complexity index is 600. The van der Waals surface area contributed by atoms with E-state index >= 15 is 0 Å². The molecule has 6 nitrogen and oxygen atoms in total. The highest BCUT2D eigenvalue weighted by Gasteiger charge is 2.32. The highest BCUT2D eigenvalue weighted by Crippen LogP contribution is 2.35. The van der Waals surface area contributed by atoms with Crippen molar-refractivity contribution in [3.63, 3.8) is 0 Å². The summed E-state index contributed by atoms with van der Waals surface area (Å²) in [4.78, 5) is 12.7. The summed E-state index contributed by atoms with van der Waals surface area (Å²) in [6.45, 7) is 4.54. The molecule has 3 unspecified atom stereocenters. The Balaban J connectivity index is 1.80. The molecule has 0 saturated heterocycles. The number of anilines is 1. The molecule has 0 aliphatic heterocycles. The van der Waals surface area contributed by atoms with E-state index in [1.807, 2.05) is 6.07 Å². The fourth-order valence-electron chi connectivity index (χ4n) is 3.09. The summed E-state index contributed by atoms with van der Waals surface area (Å²) in [7, 11) is 0. The van der Waals surface area contributed by atoms with E-state index < -0.39 is 0 Å². The SMILES string of the molecule is CCC1CCC(Nc2nc(Cl)nc(-n3cccn3)n2)C1C. The fourth-order valence-corrected chi connectivity index (χ4v) is 3.24. The van der Waals surface area contributed by atoms with E-state index in [1.54, 1.807) is 17.1 Å². The van der Waals surface area contributed by atoms with Gasteiger partial charge in [-0.05, 0) is 42.3 Å². The first kappa shape index (κ1) is 14.3. The lowest BCUT2D eigenvalue weighted by Crippen LogP contribution is -2.26. The van der Waals surface area contributed by atoms with Crippen LogP contribution >= 0.6 is 11.6 Å². The quantitative estimate of drug-likeness (QED) is 0.940. The second-order valence-electron chi connectivity index (χ2n) is 5.53. The molecule has 3 rings (SSSR count). The van der Waals surface area contributed by atoms with Gasteiger partial charge in [0.2, 0.25) is 11.2 Å². The predicted octanol–water partition coefficient (Wildman–Crippen LogP) is 2.95. The van der Waals surface area contributed by atoms with Gasteiger partial charge in [0.1, 0.15) is 0 Å². The summed E-state index contributed by atoms with van der Waals surface area (Å²) in [5.41, 5.74) is 0. The van der Waals surface area contributed by atoms with E-state index in [4.69, 9.17) is 11.6 Å². The lowest BCUT2D eigenvalue weighted by atomic mass is 9.94. The topological polar surface area (TPSA) is 68.5 Å². The second kappa shape index (κ2) is 5.97. The van der Waals surface area contributed by atoms with Crippen LogP contribution in [0.4, 0.5) is 5.95 Å². The molecule has 2 aromatic heterocycles. The van der Waals surface area contributed by atoms with Crippen LogP contribution in [0.2, 0.25) is 5.28 Å². The number of nitrogens with zero attached hydrogens (tertiary/aromatic N) is 5. The first-order valence-electron chi connectivity index (χ1n) is 7.35. The van der Waals surface area contributed by atoms with Gasteiger partial charge in [0, 0.05) is 18.4 Å². The Morgan fingerprint density at radius 2 is 2.19 bits per heavy atom. The first-order chi connectivity index (χ1) is 10.2. The normalized spacial score (nSPS) is 25.2. The van der Waals surface area contributed by atoms with Gasteiger partial charge in [-0.3, -0.25) is 0 Å². The lowest BCUT2D eigenvalue weighted by molar-refractivity contribution is 0.391. The maximum atomic E-state index is 6.00. The van der Waals surface area contributed by atoms with Gasteiger partial charge in [0.05, 0.1) is 0 Å². The summed E-state index contributed by atoms with van der Waals surface area (Å²) in [5.74, 6) is 2.33. The van der Waals surface area contributed by atoms with Crippen molar-refractivity contribution in [2.24, 2.45) is 11.8 Å². The molecule has 0 bridgehead atoms. The van der Waals surface area contributed by atoms with Gasteiger partial charge < -0.3 is 5.32 Å². The van der Waals surface area contributed by atoms with Crippen LogP contribution in [0.15, 0.2) is 18.5 Å². The van der Waals surface area contributed by atoms with Crippen LogP contribution in [-0.4, -0.2) is 30.8 Å². The number of aromatic nitrogens is 5. The van der Waals surface area contributed by atoms with Crippen LogP contribution in [0.5, 0.6) is 0 Å². The molecule has 1 saturated carbocycles. The van der Waals surface area contributed by atoms with Crippen LogP contribution in [0.1, 0.15) is 33.1 Å². The van der Waals surface area contributed by atoms with Crippen molar-refractivity contribution < 1.29 is 0 Å². The van der Waals surface area contributed by atoms with Crippen molar-refractivity contribution in [3.05, 3.63) is 23.7 Å². The molecule has 2 aromatic rings. The van der Waals surface area contributed by atoms with Crippen LogP contribution in [0.25, 0.3) is 5.95 Å². The third-order valence-corrected chi connectivity index (χ3v) is 4.54. The molecule has 1 aliphatic carbocycles. The van der Waals surface area contributed by atoms with Crippen molar-refractivity contribution >= 4 is 17.5 Å². The van der Waals surface area contributed by atoms with Crippen molar-refractivity contribution in [1.29, 1.82) is 0 Å². The Morgan fingerprint density at radius 1 is 1.33 bits per heavy atom. The number of hydrogen-bond acceptors (Lipinski definition) is 5. The number of rotatable bonds is 4. The van der Waals surface area contributed by atoms with E-state index in [9.17, 15) is 0 Å². The largest absolute Gasteiger partial charge is 0.351 e. The Hall–Kier alpha value is -1.69. The summed E-state index contributed by atoms with van der Waals surface area (Å²) < 4.78 is 1.58. The fraction of sp³-hybridized carbons (Fsp3) is 0.571. The number of hydrogen-bond donors (Lipinski definition) is 1. The van der Waals surface area contributed by atoms with Crippen molar-refractivity contribution in [2.75, 3.05) is 5.32 Å². The summed E-state index contributed by atoms with van der Waals surface area (Å²) in [6.07, 6.45) is 7.06. The third-order valence-electron chi connectivity index (χ3n) is 4.37. The molecule has 1 aliphatic rings. The smallest absolute Gasteiger partial charge is 0.256 e. The van der Waals surface area contributed by atoms with Crippen molar-refractivity contribution in [2.45, 2.75) is 39.2 Å². The number of nitrogens with one attached hydrogen (secondary N) is 1. The van der Waals surface area contributed by atoms with E-state index in [2.05, 4.69) is 39.2 Å². The highest BCUT2D eigenvalue weighted by molar-refractivity contribution is 6.28. The minimum Gasteiger partial charge on any atom is -0.351 e. The van der Waals surface area contributed by atoms with Crippen LogP contribution in [0, 0.1) is 11.8 Å². The first-order valence-corrected chi connectivity index (χ1v) is 7.73. The predicted molar refractivity (Wildman–Crippen MR) is 81.5 cm³/mol. The monoisotopic (exact) mass is 306 g/mol. The van der Waals surface area contributed by atoms with Crippen molar-refractivity contribution in [3.8, 4) is 5.95 Å². The zero-order valence-corrected chi connectivity index (χ0v) is 13.0. The molecule has 0 spiro atoms. The van der Waals surface area contributed by atoms with Crippen LogP contribution in [0.3, 0.4) is 0 Å². The molecule has 112 valence electrons. The number of halogens is 1. The molecule has 3 atom stereocenters. The molecule has 2 heterocycles. The summed E-state index contributed by atoms with van der Waals surface area (Å²) >= 11 is 6.00. The lowest BCUT2D eigenvalue weighted by Gasteiger charge is -2.21. The standard InChI is InChI=1S/C14H19ClN6/c1-3-10-5-6-11(9(10)2)17-13-18-12(15)19-14(20-13)21-8-4-7-16-21/h4,7-11H,3,5-6H2,1-2H3,(H,17,18,19,20). The average Bonchev–Trinajstić information content (AvgIpc) is 3.09. The average molecular weight is 307 g/mol. The van der Waals surface area contributed by atoms with Crippen molar-refractivity contribution in [1.82, 2.24) is 24.7 Å². The van der Waals surface area contributed by atoms with E-state index in [-0.39, 0.29) is 5.28 Å². The molecule has 0 radical (unpaired) electrons. The third kappa shape index (κ3) is 3.00.